The van der Waals surface area contributed by atoms with Crippen molar-refractivity contribution >= 4 is 0 Å². The van der Waals surface area contributed by atoms with Crippen LogP contribution < -0.4 is 0 Å². The summed E-state index contributed by atoms with van der Waals surface area (Å²) < 4.78 is 0. The molecule has 2 aliphatic carbocycles. The number of hydrogen-bond donors (Lipinski definition) is 0. The van der Waals surface area contributed by atoms with Crippen LogP contribution in [-0.2, 0) is 0 Å². The lowest BCUT2D eigenvalue weighted by Gasteiger charge is -2.18. The maximum atomic E-state index is 2.41. The normalized spacial score (nSPS) is 39.8. The monoisotopic (exact) mass is 165 g/mol. The summed E-state index contributed by atoms with van der Waals surface area (Å²) in [5, 5.41) is 0. The molecule has 0 aromatic heterocycles. The average molecular weight is 165 g/mol. The molecule has 0 spiro atoms. The molecular formula is C12H21. The van der Waals surface area contributed by atoms with Crippen molar-refractivity contribution in [2.24, 2.45) is 22.7 Å². The molecule has 0 saturated heterocycles. The second-order valence-electron chi connectivity index (χ2n) is 6.44. The Morgan fingerprint density at radius 2 is 1.75 bits per heavy atom. The summed E-state index contributed by atoms with van der Waals surface area (Å²) in [5.74, 6) is 3.82. The van der Waals surface area contributed by atoms with E-state index in [-0.39, 0.29) is 0 Å². The van der Waals surface area contributed by atoms with Crippen LogP contribution in [0.3, 0.4) is 0 Å². The highest BCUT2D eigenvalue weighted by Crippen LogP contribution is 2.69. The Morgan fingerprint density at radius 1 is 1.25 bits per heavy atom. The van der Waals surface area contributed by atoms with E-state index in [9.17, 15) is 0 Å². The lowest BCUT2D eigenvalue weighted by molar-refractivity contribution is 0.349. The summed E-state index contributed by atoms with van der Waals surface area (Å²) in [6.45, 7) is 11.9. The minimum atomic E-state index is 0.536. The fourth-order valence-electron chi connectivity index (χ4n) is 2.52. The van der Waals surface area contributed by atoms with Gasteiger partial charge in [0.2, 0.25) is 0 Å². The molecule has 2 saturated carbocycles. The van der Waals surface area contributed by atoms with E-state index >= 15 is 0 Å². The van der Waals surface area contributed by atoms with Gasteiger partial charge in [-0.3, -0.25) is 0 Å². The lowest BCUT2D eigenvalue weighted by Crippen LogP contribution is -2.10. The predicted octanol–water partition coefficient (Wildman–Crippen LogP) is 3.67. The van der Waals surface area contributed by atoms with Crippen molar-refractivity contribution in [3.8, 4) is 0 Å². The Kier molecular flexibility index (Phi) is 1.49. The van der Waals surface area contributed by atoms with Gasteiger partial charge in [-0.05, 0) is 41.4 Å². The van der Waals surface area contributed by atoms with Crippen LogP contribution in [0.25, 0.3) is 0 Å². The van der Waals surface area contributed by atoms with Crippen LogP contribution in [0.5, 0.6) is 0 Å². The molecule has 0 aromatic carbocycles. The summed E-state index contributed by atoms with van der Waals surface area (Å²) in [4.78, 5) is 0. The summed E-state index contributed by atoms with van der Waals surface area (Å²) in [6, 6.07) is 0. The molecule has 2 rings (SSSR count). The quantitative estimate of drug-likeness (QED) is 0.556. The van der Waals surface area contributed by atoms with Gasteiger partial charge >= 0.3 is 0 Å². The fraction of sp³-hybridized carbons (Fsp3) is 0.917. The summed E-state index contributed by atoms with van der Waals surface area (Å²) in [6.07, 6.45) is 2.88. The molecule has 2 aliphatic rings. The van der Waals surface area contributed by atoms with Gasteiger partial charge in [-0.15, -0.1) is 0 Å². The van der Waals surface area contributed by atoms with Crippen LogP contribution in [0.2, 0.25) is 0 Å². The van der Waals surface area contributed by atoms with Crippen molar-refractivity contribution in [1.29, 1.82) is 0 Å². The van der Waals surface area contributed by atoms with E-state index in [1.807, 2.05) is 5.92 Å². The molecular weight excluding hydrogens is 144 g/mol. The predicted molar refractivity (Wildman–Crippen MR) is 52.7 cm³/mol. The summed E-state index contributed by atoms with van der Waals surface area (Å²) in [7, 11) is 0. The minimum Gasteiger partial charge on any atom is -0.0599 e. The summed E-state index contributed by atoms with van der Waals surface area (Å²) >= 11 is 0. The molecule has 0 aliphatic heterocycles. The third kappa shape index (κ3) is 1.30. The van der Waals surface area contributed by atoms with E-state index in [4.69, 9.17) is 0 Å². The number of rotatable bonds is 1. The van der Waals surface area contributed by atoms with Crippen LogP contribution >= 0.6 is 0 Å². The van der Waals surface area contributed by atoms with Crippen molar-refractivity contribution in [2.45, 2.75) is 47.5 Å². The molecule has 0 nitrogen and oxygen atoms in total. The molecule has 0 bridgehead atoms. The molecule has 0 heterocycles. The van der Waals surface area contributed by atoms with Gasteiger partial charge < -0.3 is 0 Å². The van der Waals surface area contributed by atoms with Crippen LogP contribution in [0.1, 0.15) is 47.5 Å². The van der Waals surface area contributed by atoms with E-state index < -0.39 is 0 Å². The third-order valence-corrected chi connectivity index (χ3v) is 3.73. The second-order valence-corrected chi connectivity index (χ2v) is 6.44. The van der Waals surface area contributed by atoms with Gasteiger partial charge in [0.15, 0.2) is 0 Å². The fourth-order valence-corrected chi connectivity index (χ4v) is 2.52. The highest BCUT2D eigenvalue weighted by Gasteiger charge is 2.60. The first-order valence-electron chi connectivity index (χ1n) is 5.18. The van der Waals surface area contributed by atoms with E-state index in [1.54, 1.807) is 0 Å². The minimum absolute atomic E-state index is 0.536. The highest BCUT2D eigenvalue weighted by atomic mass is 14.6. The topological polar surface area (TPSA) is 0 Å². The van der Waals surface area contributed by atoms with Crippen molar-refractivity contribution in [1.82, 2.24) is 0 Å². The van der Waals surface area contributed by atoms with Crippen molar-refractivity contribution in [2.75, 3.05) is 0 Å². The summed E-state index contributed by atoms with van der Waals surface area (Å²) in [5.41, 5.74) is 1.20. The Balaban J connectivity index is 1.90. The van der Waals surface area contributed by atoms with E-state index in [0.29, 0.717) is 10.8 Å². The zero-order valence-corrected chi connectivity index (χ0v) is 9.07. The maximum Gasteiger partial charge on any atom is -0.0165 e. The Morgan fingerprint density at radius 3 is 2.00 bits per heavy atom. The molecule has 0 N–H and O–H groups in total. The van der Waals surface area contributed by atoms with Gasteiger partial charge in [0.25, 0.3) is 0 Å². The molecule has 0 heteroatoms. The largest absolute Gasteiger partial charge is 0.0599 e. The smallest absolute Gasteiger partial charge is 0.0165 e. The third-order valence-electron chi connectivity index (χ3n) is 3.73. The van der Waals surface area contributed by atoms with Gasteiger partial charge in [-0.1, -0.05) is 34.6 Å². The van der Waals surface area contributed by atoms with Gasteiger partial charge in [0.1, 0.15) is 0 Å². The second kappa shape index (κ2) is 2.08. The standard InChI is InChI=1S/C12H21/c1-11(2,3)9-6-8(9)10-7-12(10,4)5/h9-10H,6-7H2,1-5H3. The van der Waals surface area contributed by atoms with Crippen LogP contribution in [-0.4, -0.2) is 0 Å². The molecule has 2 unspecified atom stereocenters. The molecule has 2 atom stereocenters. The first kappa shape index (κ1) is 8.59. The first-order valence-corrected chi connectivity index (χ1v) is 5.18. The zero-order valence-electron chi connectivity index (χ0n) is 9.07. The van der Waals surface area contributed by atoms with Crippen molar-refractivity contribution in [3.63, 3.8) is 0 Å². The van der Waals surface area contributed by atoms with Crippen molar-refractivity contribution < 1.29 is 0 Å². The van der Waals surface area contributed by atoms with E-state index in [1.165, 1.54) is 12.8 Å². The van der Waals surface area contributed by atoms with Gasteiger partial charge in [0, 0.05) is 0 Å². The van der Waals surface area contributed by atoms with Gasteiger partial charge in [0.05, 0.1) is 0 Å². The Labute approximate surface area is 76.7 Å². The van der Waals surface area contributed by atoms with E-state index in [2.05, 4.69) is 34.6 Å². The molecule has 69 valence electrons. The van der Waals surface area contributed by atoms with Crippen LogP contribution in [0.4, 0.5) is 0 Å². The lowest BCUT2D eigenvalue weighted by atomic mass is 9.87. The van der Waals surface area contributed by atoms with E-state index in [0.717, 1.165) is 11.8 Å². The molecule has 0 aromatic rings. The van der Waals surface area contributed by atoms with Crippen LogP contribution in [0.15, 0.2) is 0 Å². The number of hydrogen-bond acceptors (Lipinski definition) is 0. The average Bonchev–Trinajstić information content (AvgIpc) is 2.61. The van der Waals surface area contributed by atoms with Crippen molar-refractivity contribution in [3.05, 3.63) is 5.92 Å². The maximum absolute atomic E-state index is 2.41. The van der Waals surface area contributed by atoms with Crippen LogP contribution in [0, 0.1) is 28.6 Å². The molecule has 1 radical (unpaired) electrons. The highest BCUT2D eigenvalue weighted by molar-refractivity contribution is 5.28. The Bertz CT molecular complexity index is 195. The first-order chi connectivity index (χ1) is 5.32. The SMILES string of the molecule is CC(C)(C)C1C[C]1C1CC1(C)C. The Hall–Kier alpha value is 0. The molecule has 2 fully saturated rings. The molecule has 12 heavy (non-hydrogen) atoms. The van der Waals surface area contributed by atoms with Gasteiger partial charge in [-0.25, -0.2) is 0 Å². The zero-order chi connectivity index (χ0) is 9.15. The molecule has 0 amide bonds. The van der Waals surface area contributed by atoms with Gasteiger partial charge in [-0.2, -0.15) is 0 Å².